The van der Waals surface area contributed by atoms with Gasteiger partial charge in [-0.25, -0.2) is 22.0 Å². The molecule has 0 saturated heterocycles. The zero-order valence-electron chi connectivity index (χ0n) is 16.7. The molecular formula is C21H31F7O. The van der Waals surface area contributed by atoms with Crippen LogP contribution < -0.4 is 0 Å². The van der Waals surface area contributed by atoms with Crippen molar-refractivity contribution in [3.8, 4) is 0 Å². The highest BCUT2D eigenvalue weighted by molar-refractivity contribution is 4.95. The first-order chi connectivity index (χ1) is 13.6. The molecule has 170 valence electrons. The van der Waals surface area contributed by atoms with Crippen LogP contribution in [0.2, 0.25) is 0 Å². The van der Waals surface area contributed by atoms with Crippen LogP contribution in [0.4, 0.5) is 30.7 Å². The molecule has 4 atom stereocenters. The van der Waals surface area contributed by atoms with Crippen molar-refractivity contribution in [2.45, 2.75) is 108 Å². The molecule has 3 aliphatic carbocycles. The van der Waals surface area contributed by atoms with Gasteiger partial charge in [-0.3, -0.25) is 0 Å². The zero-order valence-corrected chi connectivity index (χ0v) is 16.7. The Kier molecular flexibility index (Phi) is 7.43. The predicted molar refractivity (Wildman–Crippen MR) is 95.5 cm³/mol. The van der Waals surface area contributed by atoms with Gasteiger partial charge in [0.05, 0.1) is 6.10 Å². The van der Waals surface area contributed by atoms with Crippen LogP contribution in [0.1, 0.15) is 64.7 Å². The molecule has 3 rings (SSSR count). The van der Waals surface area contributed by atoms with Crippen LogP contribution in [0.3, 0.4) is 0 Å². The van der Waals surface area contributed by atoms with Crippen molar-refractivity contribution in [2.75, 3.05) is 0 Å². The summed E-state index contributed by atoms with van der Waals surface area (Å²) in [6, 6.07) is 0. The van der Waals surface area contributed by atoms with Crippen molar-refractivity contribution in [1.29, 1.82) is 0 Å². The zero-order chi connectivity index (χ0) is 21.3. The van der Waals surface area contributed by atoms with E-state index in [1.165, 1.54) is 0 Å². The van der Waals surface area contributed by atoms with Gasteiger partial charge in [0.25, 0.3) is 0 Å². The fourth-order valence-electron chi connectivity index (χ4n) is 5.55. The van der Waals surface area contributed by atoms with Gasteiger partial charge in [0.15, 0.2) is 6.17 Å². The number of halogens is 7. The number of alkyl halides is 7. The van der Waals surface area contributed by atoms with Crippen LogP contribution in [-0.2, 0) is 4.74 Å². The third-order valence-electron chi connectivity index (χ3n) is 7.35. The summed E-state index contributed by atoms with van der Waals surface area (Å²) in [6.45, 7) is 2.11. The maximum absolute atomic E-state index is 14.7. The van der Waals surface area contributed by atoms with E-state index in [1.807, 2.05) is 0 Å². The Balaban J connectivity index is 1.59. The molecule has 3 saturated carbocycles. The maximum atomic E-state index is 14.7. The lowest BCUT2D eigenvalue weighted by Gasteiger charge is -2.43. The molecule has 8 heteroatoms. The highest BCUT2D eigenvalue weighted by Crippen LogP contribution is 2.48. The van der Waals surface area contributed by atoms with Crippen molar-refractivity contribution >= 4 is 0 Å². The van der Waals surface area contributed by atoms with Crippen molar-refractivity contribution in [3.05, 3.63) is 0 Å². The molecule has 3 aliphatic rings. The molecule has 0 amide bonds. The molecule has 29 heavy (non-hydrogen) atoms. The van der Waals surface area contributed by atoms with E-state index in [0.29, 0.717) is 5.92 Å². The average molecular weight is 432 g/mol. The second-order valence-corrected chi connectivity index (χ2v) is 9.23. The third kappa shape index (κ3) is 5.21. The van der Waals surface area contributed by atoms with Crippen LogP contribution >= 0.6 is 0 Å². The molecule has 0 bridgehead atoms. The third-order valence-corrected chi connectivity index (χ3v) is 7.35. The van der Waals surface area contributed by atoms with Gasteiger partial charge in [-0.05, 0) is 43.4 Å². The summed E-state index contributed by atoms with van der Waals surface area (Å²) in [5, 5.41) is 0. The van der Waals surface area contributed by atoms with Gasteiger partial charge in [-0.1, -0.05) is 26.2 Å². The van der Waals surface area contributed by atoms with Crippen molar-refractivity contribution in [1.82, 2.24) is 0 Å². The summed E-state index contributed by atoms with van der Waals surface area (Å²) < 4.78 is 103. The van der Waals surface area contributed by atoms with Gasteiger partial charge in [0, 0.05) is 12.8 Å². The van der Waals surface area contributed by atoms with Crippen molar-refractivity contribution in [2.24, 2.45) is 23.7 Å². The lowest BCUT2D eigenvalue weighted by Crippen LogP contribution is -2.52. The molecule has 1 nitrogen and oxygen atoms in total. The number of hydrogen-bond donors (Lipinski definition) is 0. The molecular weight excluding hydrogens is 401 g/mol. The Hall–Kier alpha value is -0.530. The second-order valence-electron chi connectivity index (χ2n) is 9.23. The number of hydrogen-bond acceptors (Lipinski definition) is 1. The molecule has 0 aromatic heterocycles. The maximum Gasteiger partial charge on any atom is 0.364 e. The molecule has 0 N–H and O–H groups in total. The molecule has 0 aliphatic heterocycles. The Labute approximate surface area is 167 Å². The van der Waals surface area contributed by atoms with Crippen LogP contribution in [0.15, 0.2) is 0 Å². The van der Waals surface area contributed by atoms with Gasteiger partial charge in [-0.15, -0.1) is 0 Å². The largest absolute Gasteiger partial charge is 0.364 e. The first-order valence-corrected chi connectivity index (χ1v) is 10.9. The quantitative estimate of drug-likeness (QED) is 0.440. The second kappa shape index (κ2) is 9.31. The molecule has 0 heterocycles. The first-order valence-electron chi connectivity index (χ1n) is 10.9. The van der Waals surface area contributed by atoms with E-state index in [-0.39, 0.29) is 24.7 Å². The van der Waals surface area contributed by atoms with Crippen LogP contribution in [-0.4, -0.2) is 43.1 Å². The SMILES string of the molecule is CCC1CCC(C2CC(F)C(C(F)(F)OC3CC(F)C(F)C(F)C3)C(F)C2)CC1. The Morgan fingerprint density at radius 3 is 1.72 bits per heavy atom. The smallest absolute Gasteiger partial charge is 0.317 e. The Bertz CT molecular complexity index is 501. The van der Waals surface area contributed by atoms with E-state index < -0.39 is 61.8 Å². The number of ether oxygens (including phenoxy) is 1. The van der Waals surface area contributed by atoms with E-state index in [1.54, 1.807) is 0 Å². The van der Waals surface area contributed by atoms with Crippen LogP contribution in [0, 0.1) is 23.7 Å². The minimum atomic E-state index is -4.20. The lowest BCUT2D eigenvalue weighted by atomic mass is 9.67. The standard InChI is InChI=1S/C21H31F7O/c1-2-11-3-5-12(6-4-11)13-7-15(22)19(16(23)8-13)21(27,28)29-14-9-17(24)20(26)18(25)10-14/h11-20H,2-10H2,1H3. The number of rotatable bonds is 5. The highest BCUT2D eigenvalue weighted by atomic mass is 19.3. The van der Waals surface area contributed by atoms with Gasteiger partial charge in [-0.2, -0.15) is 8.78 Å². The van der Waals surface area contributed by atoms with Gasteiger partial charge in [0.2, 0.25) is 0 Å². The Morgan fingerprint density at radius 1 is 0.724 bits per heavy atom. The van der Waals surface area contributed by atoms with Crippen LogP contribution in [0.5, 0.6) is 0 Å². The summed E-state index contributed by atoms with van der Waals surface area (Å²) in [4.78, 5) is 0. The van der Waals surface area contributed by atoms with Crippen molar-refractivity contribution < 1.29 is 35.5 Å². The van der Waals surface area contributed by atoms with Gasteiger partial charge < -0.3 is 4.74 Å². The molecule has 0 aromatic carbocycles. The fraction of sp³-hybridized carbons (Fsp3) is 1.00. The van der Waals surface area contributed by atoms with E-state index in [9.17, 15) is 30.7 Å². The Morgan fingerprint density at radius 2 is 1.24 bits per heavy atom. The summed E-state index contributed by atoms with van der Waals surface area (Å²) in [5.74, 6) is -1.81. The minimum absolute atomic E-state index is 0.143. The van der Waals surface area contributed by atoms with Gasteiger partial charge in [0.1, 0.15) is 30.6 Å². The molecule has 3 fully saturated rings. The molecule has 4 unspecified atom stereocenters. The topological polar surface area (TPSA) is 9.23 Å². The minimum Gasteiger partial charge on any atom is -0.317 e. The summed E-state index contributed by atoms with van der Waals surface area (Å²) in [7, 11) is 0. The van der Waals surface area contributed by atoms with Crippen LogP contribution in [0.25, 0.3) is 0 Å². The van der Waals surface area contributed by atoms with Gasteiger partial charge >= 0.3 is 6.11 Å². The molecule has 0 radical (unpaired) electrons. The lowest BCUT2D eigenvalue weighted by molar-refractivity contribution is -0.323. The fourth-order valence-corrected chi connectivity index (χ4v) is 5.55. The van der Waals surface area contributed by atoms with E-state index in [2.05, 4.69) is 11.7 Å². The van der Waals surface area contributed by atoms with E-state index in [0.717, 1.165) is 32.1 Å². The molecule has 0 spiro atoms. The molecule has 0 aromatic rings. The monoisotopic (exact) mass is 432 g/mol. The van der Waals surface area contributed by atoms with E-state index >= 15 is 0 Å². The van der Waals surface area contributed by atoms with Crippen molar-refractivity contribution in [3.63, 3.8) is 0 Å². The average Bonchev–Trinajstić information content (AvgIpc) is 2.65. The van der Waals surface area contributed by atoms with E-state index in [4.69, 9.17) is 0 Å². The first kappa shape index (κ1) is 23.1. The normalized spacial score (nSPS) is 47.2. The summed E-state index contributed by atoms with van der Waals surface area (Å²) >= 11 is 0. The highest BCUT2D eigenvalue weighted by Gasteiger charge is 2.56. The predicted octanol–water partition coefficient (Wildman–Crippen LogP) is 6.69. The summed E-state index contributed by atoms with van der Waals surface area (Å²) in [6.07, 6.45) is -13.9. The summed E-state index contributed by atoms with van der Waals surface area (Å²) in [5.41, 5.74) is 0.